The maximum Gasteiger partial charge on any atom is 0.360 e. The molecular weight excluding hydrogens is 212 g/mol. The third-order valence-corrected chi connectivity index (χ3v) is 1.88. The molecule has 0 spiro atoms. The predicted molar refractivity (Wildman–Crippen MR) is 54.4 cm³/mol. The number of aromatic nitrogens is 2. The van der Waals surface area contributed by atoms with E-state index in [0.717, 1.165) is 0 Å². The summed E-state index contributed by atoms with van der Waals surface area (Å²) in [4.78, 5) is 11.4. The highest BCUT2D eigenvalue weighted by Gasteiger charge is 2.22. The maximum atomic E-state index is 11.4. The number of hydrogen-bond acceptors (Lipinski definition) is 6. The van der Waals surface area contributed by atoms with Gasteiger partial charge in [-0.25, -0.2) is 9.48 Å². The van der Waals surface area contributed by atoms with E-state index in [2.05, 4.69) is 5.10 Å². The van der Waals surface area contributed by atoms with Crippen molar-refractivity contribution in [2.45, 2.75) is 13.5 Å². The first-order valence-corrected chi connectivity index (χ1v) is 4.70. The second kappa shape index (κ2) is 5.14. The molecule has 0 aliphatic carbocycles. The van der Waals surface area contributed by atoms with Crippen molar-refractivity contribution < 1.29 is 14.6 Å². The Kier molecular flexibility index (Phi) is 3.85. The number of esters is 1. The van der Waals surface area contributed by atoms with Crippen LogP contribution in [0.4, 0.5) is 5.82 Å². The fraction of sp³-hybridized carbons (Fsp3) is 0.444. The quantitative estimate of drug-likeness (QED) is 0.667. The molecule has 1 aromatic rings. The van der Waals surface area contributed by atoms with Gasteiger partial charge < -0.3 is 15.6 Å². The molecule has 0 aromatic carbocycles. The largest absolute Gasteiger partial charge is 0.461 e. The highest BCUT2D eigenvalue weighted by molar-refractivity contribution is 5.91. The summed E-state index contributed by atoms with van der Waals surface area (Å²) in [5, 5.41) is 21.4. The maximum absolute atomic E-state index is 11.4. The number of nitrogens with zero attached hydrogens (tertiary/aromatic N) is 3. The first kappa shape index (κ1) is 12.0. The number of carbonyl (C=O) groups is 1. The van der Waals surface area contributed by atoms with E-state index in [1.165, 1.54) is 4.68 Å². The molecule has 0 radical (unpaired) electrons. The third-order valence-electron chi connectivity index (χ3n) is 1.88. The minimum absolute atomic E-state index is 0.0214. The highest BCUT2D eigenvalue weighted by atomic mass is 16.5. The number of nitrogen functional groups attached to an aromatic ring is 1. The predicted octanol–water partition coefficient (Wildman–Crippen LogP) is -0.494. The molecule has 0 bridgehead atoms. The molecule has 0 unspecified atom stereocenters. The van der Waals surface area contributed by atoms with Crippen LogP contribution in [0.3, 0.4) is 0 Å². The molecule has 0 aliphatic heterocycles. The van der Waals surface area contributed by atoms with E-state index in [1.54, 1.807) is 13.0 Å². The average molecular weight is 224 g/mol. The van der Waals surface area contributed by atoms with Crippen molar-refractivity contribution in [1.82, 2.24) is 9.78 Å². The summed E-state index contributed by atoms with van der Waals surface area (Å²) in [6.07, 6.45) is 0. The monoisotopic (exact) mass is 224 g/mol. The lowest BCUT2D eigenvalue weighted by Crippen LogP contribution is -2.10. The molecule has 1 aromatic heterocycles. The van der Waals surface area contributed by atoms with Gasteiger partial charge in [-0.3, -0.25) is 0 Å². The summed E-state index contributed by atoms with van der Waals surface area (Å²) in [6.45, 7) is 1.79. The van der Waals surface area contributed by atoms with Crippen LogP contribution in [0.25, 0.3) is 0 Å². The average Bonchev–Trinajstić information content (AvgIpc) is 2.57. The lowest BCUT2D eigenvalue weighted by molar-refractivity contribution is 0.0517. The molecule has 3 N–H and O–H groups in total. The van der Waals surface area contributed by atoms with E-state index in [1.807, 2.05) is 0 Å². The molecule has 0 fully saturated rings. The van der Waals surface area contributed by atoms with Gasteiger partial charge in [-0.05, 0) is 6.92 Å². The molecule has 0 aliphatic rings. The summed E-state index contributed by atoms with van der Waals surface area (Å²) < 4.78 is 5.93. The van der Waals surface area contributed by atoms with Gasteiger partial charge in [0.25, 0.3) is 0 Å². The van der Waals surface area contributed by atoms with Crippen molar-refractivity contribution in [2.75, 3.05) is 18.9 Å². The van der Waals surface area contributed by atoms with Crippen LogP contribution in [0.1, 0.15) is 23.0 Å². The molecule has 86 valence electrons. The fourth-order valence-corrected chi connectivity index (χ4v) is 1.19. The zero-order valence-electron chi connectivity index (χ0n) is 8.80. The second-order valence-corrected chi connectivity index (χ2v) is 2.89. The molecular formula is C9H12N4O3. The Morgan fingerprint density at radius 3 is 2.94 bits per heavy atom. The van der Waals surface area contributed by atoms with Crippen molar-refractivity contribution >= 4 is 11.8 Å². The van der Waals surface area contributed by atoms with Crippen molar-refractivity contribution in [3.05, 3.63) is 11.3 Å². The Balaban J connectivity index is 3.14. The normalized spacial score (nSPS) is 9.81. The van der Waals surface area contributed by atoms with E-state index in [9.17, 15) is 4.79 Å². The Hall–Kier alpha value is -2.07. The first-order chi connectivity index (χ1) is 7.65. The van der Waals surface area contributed by atoms with Crippen LogP contribution in [0.5, 0.6) is 0 Å². The standard InChI is InChI=1S/C9H12N4O3/c1-2-16-9(15)7-6(5-10)8(11)13(12-7)3-4-14/h14H,2-4,11H2,1H3. The van der Waals surface area contributed by atoms with Crippen LogP contribution in [0.15, 0.2) is 0 Å². The van der Waals surface area contributed by atoms with Crippen molar-refractivity contribution in [3.63, 3.8) is 0 Å². The molecule has 0 saturated heterocycles. The van der Waals surface area contributed by atoms with E-state index in [-0.39, 0.29) is 36.8 Å². The van der Waals surface area contributed by atoms with Gasteiger partial charge in [-0.15, -0.1) is 0 Å². The number of rotatable bonds is 4. The van der Waals surface area contributed by atoms with Crippen molar-refractivity contribution in [1.29, 1.82) is 5.26 Å². The fourth-order valence-electron chi connectivity index (χ4n) is 1.19. The van der Waals surface area contributed by atoms with Gasteiger partial charge in [-0.2, -0.15) is 10.4 Å². The molecule has 0 atom stereocenters. The number of nitriles is 1. The minimum Gasteiger partial charge on any atom is -0.461 e. The van der Waals surface area contributed by atoms with Gasteiger partial charge in [0.1, 0.15) is 17.5 Å². The number of anilines is 1. The van der Waals surface area contributed by atoms with Gasteiger partial charge in [0.15, 0.2) is 5.69 Å². The van der Waals surface area contributed by atoms with Gasteiger partial charge in [0.05, 0.1) is 19.8 Å². The van der Waals surface area contributed by atoms with Gasteiger partial charge >= 0.3 is 5.97 Å². The molecule has 1 rings (SSSR count). The summed E-state index contributed by atoms with van der Waals surface area (Å²) in [5.41, 5.74) is 5.46. The van der Waals surface area contributed by atoms with Crippen LogP contribution in [0, 0.1) is 11.3 Å². The summed E-state index contributed by atoms with van der Waals surface area (Å²) in [6, 6.07) is 1.79. The smallest absolute Gasteiger partial charge is 0.360 e. The van der Waals surface area contributed by atoms with E-state index in [0.29, 0.717) is 0 Å². The number of carbonyl (C=O) groups excluding carboxylic acids is 1. The van der Waals surface area contributed by atoms with E-state index >= 15 is 0 Å². The van der Waals surface area contributed by atoms with Gasteiger partial charge in [-0.1, -0.05) is 0 Å². The summed E-state index contributed by atoms with van der Waals surface area (Å²) in [5.74, 6) is -0.637. The molecule has 16 heavy (non-hydrogen) atoms. The van der Waals surface area contributed by atoms with Crippen LogP contribution in [-0.4, -0.2) is 34.1 Å². The number of aliphatic hydroxyl groups excluding tert-OH is 1. The Labute approximate surface area is 92.0 Å². The topological polar surface area (TPSA) is 114 Å². The Bertz CT molecular complexity index is 433. The lowest BCUT2D eigenvalue weighted by Gasteiger charge is -1.98. The van der Waals surface area contributed by atoms with E-state index < -0.39 is 5.97 Å². The molecule has 0 saturated carbocycles. The molecule has 1 heterocycles. The summed E-state index contributed by atoms with van der Waals surface area (Å²) in [7, 11) is 0. The van der Waals surface area contributed by atoms with Crippen molar-refractivity contribution in [2.24, 2.45) is 0 Å². The third kappa shape index (κ3) is 2.12. The molecule has 0 amide bonds. The second-order valence-electron chi connectivity index (χ2n) is 2.89. The zero-order valence-corrected chi connectivity index (χ0v) is 8.80. The zero-order chi connectivity index (χ0) is 12.1. The van der Waals surface area contributed by atoms with Gasteiger partial charge in [0.2, 0.25) is 0 Å². The van der Waals surface area contributed by atoms with E-state index in [4.69, 9.17) is 20.8 Å². The minimum atomic E-state index is -0.692. The van der Waals surface area contributed by atoms with Crippen LogP contribution in [-0.2, 0) is 11.3 Å². The highest BCUT2D eigenvalue weighted by Crippen LogP contribution is 2.16. The number of aliphatic hydroxyl groups is 1. The Morgan fingerprint density at radius 1 is 1.75 bits per heavy atom. The Morgan fingerprint density at radius 2 is 2.44 bits per heavy atom. The SMILES string of the molecule is CCOC(=O)c1nn(CCO)c(N)c1C#N. The van der Waals surface area contributed by atoms with Crippen LogP contribution in [0.2, 0.25) is 0 Å². The van der Waals surface area contributed by atoms with Crippen LogP contribution < -0.4 is 5.73 Å². The molecule has 7 nitrogen and oxygen atoms in total. The number of ether oxygens (including phenoxy) is 1. The summed E-state index contributed by atoms with van der Waals surface area (Å²) >= 11 is 0. The molecule has 7 heteroatoms. The first-order valence-electron chi connectivity index (χ1n) is 4.70. The van der Waals surface area contributed by atoms with Crippen molar-refractivity contribution in [3.8, 4) is 6.07 Å². The number of nitrogens with two attached hydrogens (primary N) is 1. The lowest BCUT2D eigenvalue weighted by atomic mass is 10.2. The van der Waals surface area contributed by atoms with Crippen LogP contribution >= 0.6 is 0 Å². The number of hydrogen-bond donors (Lipinski definition) is 2. The van der Waals surface area contributed by atoms with Gasteiger partial charge in [0, 0.05) is 0 Å².